The molecule has 0 radical (unpaired) electrons. The third kappa shape index (κ3) is 4.77. The molecule has 0 N–H and O–H groups in total. The van der Waals surface area contributed by atoms with E-state index in [1.165, 1.54) is 11.1 Å². The molecule has 160 valence electrons. The lowest BCUT2D eigenvalue weighted by Gasteiger charge is -2.43. The van der Waals surface area contributed by atoms with E-state index in [9.17, 15) is 4.79 Å². The molecule has 0 unspecified atom stereocenters. The van der Waals surface area contributed by atoms with Crippen LogP contribution in [-0.4, -0.2) is 54.0 Å². The topological polar surface area (TPSA) is 26.8 Å². The zero-order valence-corrected chi connectivity index (χ0v) is 19.0. The lowest BCUT2D eigenvalue weighted by Crippen LogP contribution is -2.54. The number of piperazine rings is 1. The van der Waals surface area contributed by atoms with Gasteiger partial charge in [-0.3, -0.25) is 14.6 Å². The van der Waals surface area contributed by atoms with E-state index in [1.807, 2.05) is 17.0 Å². The van der Waals surface area contributed by atoms with Crippen LogP contribution in [0.15, 0.2) is 60.7 Å². The van der Waals surface area contributed by atoms with E-state index in [0.717, 1.165) is 44.0 Å². The molecule has 1 saturated heterocycles. The molecule has 0 aromatic heterocycles. The molecule has 2 aromatic rings. The monoisotopic (exact) mass is 425 g/mol. The summed E-state index contributed by atoms with van der Waals surface area (Å²) in [5, 5.41) is 0. The molecule has 2 aliphatic rings. The van der Waals surface area contributed by atoms with Crippen molar-refractivity contribution in [1.29, 1.82) is 0 Å². The zero-order chi connectivity index (χ0) is 20.4. The van der Waals surface area contributed by atoms with E-state index in [2.05, 4.69) is 79.1 Å². The Balaban J connectivity index is 0.00000256. The Morgan fingerprint density at radius 1 is 0.900 bits per heavy atom. The van der Waals surface area contributed by atoms with Crippen molar-refractivity contribution in [2.75, 3.05) is 37.6 Å². The van der Waals surface area contributed by atoms with Crippen LogP contribution in [0.1, 0.15) is 31.9 Å². The predicted octanol–water partition coefficient (Wildman–Crippen LogP) is 4.45. The number of anilines is 1. The van der Waals surface area contributed by atoms with Crippen LogP contribution in [0.25, 0.3) is 5.57 Å². The van der Waals surface area contributed by atoms with Gasteiger partial charge in [0, 0.05) is 38.3 Å². The molecule has 2 heterocycles. The molecule has 1 amide bonds. The first kappa shape index (κ1) is 22.5. The second-order valence-electron chi connectivity index (χ2n) is 8.77. The Bertz CT molecular complexity index is 902. The van der Waals surface area contributed by atoms with Crippen molar-refractivity contribution >= 4 is 29.6 Å². The second kappa shape index (κ2) is 9.34. The Morgan fingerprint density at radius 3 is 2.20 bits per heavy atom. The number of carbonyl (C=O) groups excluding carboxylic acids is 1. The van der Waals surface area contributed by atoms with E-state index in [0.29, 0.717) is 6.54 Å². The third-order valence-electron chi connectivity index (χ3n) is 6.04. The number of benzene rings is 2. The van der Waals surface area contributed by atoms with Gasteiger partial charge in [-0.2, -0.15) is 0 Å². The molecule has 1 fully saturated rings. The molecule has 0 saturated carbocycles. The molecular formula is C25H32ClN3O. The summed E-state index contributed by atoms with van der Waals surface area (Å²) in [5.41, 5.74) is 4.47. The number of para-hydroxylation sites is 1. The molecule has 4 nitrogen and oxygen atoms in total. The highest BCUT2D eigenvalue weighted by molar-refractivity contribution is 6.01. The molecule has 4 rings (SSSR count). The fourth-order valence-corrected chi connectivity index (χ4v) is 4.65. The molecule has 2 aliphatic heterocycles. The van der Waals surface area contributed by atoms with Crippen molar-refractivity contribution in [3.8, 4) is 0 Å². The summed E-state index contributed by atoms with van der Waals surface area (Å²) in [6, 6.07) is 18.9. The van der Waals surface area contributed by atoms with Gasteiger partial charge in [-0.05, 0) is 38.0 Å². The van der Waals surface area contributed by atoms with E-state index in [-0.39, 0.29) is 23.9 Å². The number of nitrogens with zero attached hydrogens (tertiary/aromatic N) is 3. The number of hydrogen-bond acceptors (Lipinski definition) is 3. The first-order valence-electron chi connectivity index (χ1n) is 10.5. The van der Waals surface area contributed by atoms with Gasteiger partial charge in [0.1, 0.15) is 0 Å². The summed E-state index contributed by atoms with van der Waals surface area (Å²) in [6.07, 6.45) is 2.21. The summed E-state index contributed by atoms with van der Waals surface area (Å²) in [7, 11) is 0. The van der Waals surface area contributed by atoms with Gasteiger partial charge in [-0.1, -0.05) is 54.6 Å². The quantitative estimate of drug-likeness (QED) is 0.723. The lowest BCUT2D eigenvalue weighted by molar-refractivity contribution is -0.121. The van der Waals surface area contributed by atoms with Crippen molar-refractivity contribution in [3.63, 3.8) is 0 Å². The minimum absolute atomic E-state index is 0. The van der Waals surface area contributed by atoms with E-state index >= 15 is 0 Å². The minimum atomic E-state index is -0.315. The van der Waals surface area contributed by atoms with Gasteiger partial charge >= 0.3 is 0 Å². The smallest absolute Gasteiger partial charge is 0.241 e. The van der Waals surface area contributed by atoms with Crippen molar-refractivity contribution in [2.24, 2.45) is 0 Å². The van der Waals surface area contributed by atoms with Crippen LogP contribution in [0.2, 0.25) is 0 Å². The summed E-state index contributed by atoms with van der Waals surface area (Å²) in [4.78, 5) is 20.1. The highest BCUT2D eigenvalue weighted by Crippen LogP contribution is 2.38. The Kier molecular flexibility index (Phi) is 7.02. The van der Waals surface area contributed by atoms with Gasteiger partial charge in [0.25, 0.3) is 0 Å². The first-order valence-corrected chi connectivity index (χ1v) is 10.5. The van der Waals surface area contributed by atoms with Gasteiger partial charge in [0.2, 0.25) is 5.91 Å². The Morgan fingerprint density at radius 2 is 1.50 bits per heavy atom. The number of allylic oxidation sites excluding steroid dienone is 1. The van der Waals surface area contributed by atoms with E-state index in [4.69, 9.17) is 0 Å². The maximum Gasteiger partial charge on any atom is 0.241 e. The number of hydrogen-bond donors (Lipinski definition) is 0. The highest BCUT2D eigenvalue weighted by Gasteiger charge is 2.36. The van der Waals surface area contributed by atoms with Crippen LogP contribution in [0.5, 0.6) is 0 Å². The summed E-state index contributed by atoms with van der Waals surface area (Å²) >= 11 is 0. The summed E-state index contributed by atoms with van der Waals surface area (Å²) in [5.74, 6) is 0.183. The molecular weight excluding hydrogens is 394 g/mol. The van der Waals surface area contributed by atoms with Crippen LogP contribution >= 0.6 is 12.4 Å². The maximum absolute atomic E-state index is 13.4. The third-order valence-corrected chi connectivity index (χ3v) is 6.04. The Hall–Kier alpha value is -2.14. The molecule has 0 spiro atoms. The predicted molar refractivity (Wildman–Crippen MR) is 127 cm³/mol. The fourth-order valence-electron chi connectivity index (χ4n) is 4.65. The molecule has 30 heavy (non-hydrogen) atoms. The number of carbonyl (C=O) groups is 1. The molecule has 0 aliphatic carbocycles. The summed E-state index contributed by atoms with van der Waals surface area (Å²) in [6.45, 7) is 11.7. The number of halogens is 1. The van der Waals surface area contributed by atoms with Crippen molar-refractivity contribution in [3.05, 3.63) is 71.8 Å². The average molecular weight is 426 g/mol. The highest BCUT2D eigenvalue weighted by atomic mass is 35.5. The van der Waals surface area contributed by atoms with Crippen molar-refractivity contribution in [2.45, 2.75) is 32.9 Å². The standard InChI is InChI=1S/C25H31N3O.ClH/c1-20-17-25(2,3)28(23-12-8-7-11-22(20)23)24(29)19-27-15-13-26(14-16-27)18-21-9-5-4-6-10-21;/h4-12,17H,13-16,18-19H2,1-3H3;1H. The first-order chi connectivity index (χ1) is 13.9. The van der Waals surface area contributed by atoms with E-state index < -0.39 is 0 Å². The maximum atomic E-state index is 13.4. The van der Waals surface area contributed by atoms with Gasteiger partial charge in [0.15, 0.2) is 0 Å². The van der Waals surface area contributed by atoms with E-state index in [1.54, 1.807) is 0 Å². The fraction of sp³-hybridized carbons (Fsp3) is 0.400. The number of amides is 1. The molecule has 0 atom stereocenters. The van der Waals surface area contributed by atoms with Gasteiger partial charge in [-0.25, -0.2) is 0 Å². The second-order valence-corrected chi connectivity index (χ2v) is 8.77. The molecule has 0 bridgehead atoms. The van der Waals surface area contributed by atoms with Crippen LogP contribution in [0.4, 0.5) is 5.69 Å². The molecule has 5 heteroatoms. The number of fused-ring (bicyclic) bond motifs is 1. The van der Waals surface area contributed by atoms with Gasteiger partial charge < -0.3 is 4.90 Å². The normalized spacial score (nSPS) is 18.9. The number of rotatable bonds is 4. The van der Waals surface area contributed by atoms with Gasteiger partial charge in [0.05, 0.1) is 17.8 Å². The van der Waals surface area contributed by atoms with Crippen LogP contribution in [0, 0.1) is 0 Å². The van der Waals surface area contributed by atoms with Gasteiger partial charge in [-0.15, -0.1) is 12.4 Å². The molecule has 2 aromatic carbocycles. The van der Waals surface area contributed by atoms with Crippen molar-refractivity contribution in [1.82, 2.24) is 9.80 Å². The Labute approximate surface area is 186 Å². The van der Waals surface area contributed by atoms with Crippen LogP contribution in [0.3, 0.4) is 0 Å². The zero-order valence-electron chi connectivity index (χ0n) is 18.2. The largest absolute Gasteiger partial charge is 0.302 e. The van der Waals surface area contributed by atoms with Crippen LogP contribution in [-0.2, 0) is 11.3 Å². The minimum Gasteiger partial charge on any atom is -0.302 e. The van der Waals surface area contributed by atoms with Crippen LogP contribution < -0.4 is 4.90 Å². The summed E-state index contributed by atoms with van der Waals surface area (Å²) < 4.78 is 0. The average Bonchev–Trinajstić information content (AvgIpc) is 2.69. The lowest BCUT2D eigenvalue weighted by atomic mass is 9.88. The SMILES string of the molecule is CC1=CC(C)(C)N(C(=O)CN2CCN(Cc3ccccc3)CC2)c2ccccc21.Cl. The van der Waals surface area contributed by atoms with Crippen molar-refractivity contribution < 1.29 is 4.79 Å².